The van der Waals surface area contributed by atoms with Crippen molar-refractivity contribution in [3.63, 3.8) is 0 Å². The van der Waals surface area contributed by atoms with Gasteiger partial charge in [-0.15, -0.1) is 0 Å². The van der Waals surface area contributed by atoms with Crippen molar-refractivity contribution in [3.05, 3.63) is 29.3 Å². The van der Waals surface area contributed by atoms with Crippen LogP contribution in [0.3, 0.4) is 0 Å². The number of nitrogens with one attached hydrogen (secondary N) is 2. The zero-order chi connectivity index (χ0) is 14.5. The zero-order valence-electron chi connectivity index (χ0n) is 12.4. The summed E-state index contributed by atoms with van der Waals surface area (Å²) in [6, 6.07) is 6.13. The molecule has 5 nitrogen and oxygen atoms in total. The summed E-state index contributed by atoms with van der Waals surface area (Å²) in [6.45, 7) is 4.78. The van der Waals surface area contributed by atoms with Crippen LogP contribution in [0.4, 0.5) is 5.69 Å². The fourth-order valence-corrected chi connectivity index (χ4v) is 2.63. The minimum absolute atomic E-state index is 0.00315. The molecule has 0 aromatic heterocycles. The molecule has 5 heteroatoms. The topological polar surface area (TPSA) is 53.6 Å². The highest BCUT2D eigenvalue weighted by atomic mass is 16.5. The van der Waals surface area contributed by atoms with Crippen LogP contribution in [0.2, 0.25) is 0 Å². The molecule has 1 aromatic carbocycles. The van der Waals surface area contributed by atoms with Crippen molar-refractivity contribution in [3.8, 4) is 0 Å². The fraction of sp³-hybridized carbons (Fsp3) is 0.533. The van der Waals surface area contributed by atoms with Crippen LogP contribution in [0.15, 0.2) is 18.2 Å². The van der Waals surface area contributed by atoms with E-state index in [0.29, 0.717) is 13.2 Å². The minimum Gasteiger partial charge on any atom is -0.377 e. The number of aryl methyl sites for hydroxylation is 1. The van der Waals surface area contributed by atoms with E-state index in [4.69, 9.17) is 4.74 Å². The van der Waals surface area contributed by atoms with E-state index in [-0.39, 0.29) is 11.9 Å². The van der Waals surface area contributed by atoms with Crippen LogP contribution in [0.1, 0.15) is 11.1 Å². The molecule has 1 unspecified atom stereocenters. The molecule has 20 heavy (non-hydrogen) atoms. The van der Waals surface area contributed by atoms with Crippen molar-refractivity contribution in [2.75, 3.05) is 38.8 Å². The second kappa shape index (κ2) is 6.72. The van der Waals surface area contributed by atoms with Gasteiger partial charge < -0.3 is 20.3 Å². The normalized spacial score (nSPS) is 18.9. The standard InChI is InChI=1S/C15H23N3O2/c1-11-8-12(9-16-2)4-5-13(11)18-6-7-20-10-14(18)15(19)17-3/h4-5,8,14,16H,6-7,9-10H2,1-3H3,(H,17,19). The largest absolute Gasteiger partial charge is 0.377 e. The molecule has 0 aliphatic carbocycles. The average Bonchev–Trinajstić information content (AvgIpc) is 2.47. The van der Waals surface area contributed by atoms with Gasteiger partial charge in [0.05, 0.1) is 13.2 Å². The van der Waals surface area contributed by atoms with Gasteiger partial charge in [0.1, 0.15) is 6.04 Å². The van der Waals surface area contributed by atoms with Gasteiger partial charge in [-0.05, 0) is 31.2 Å². The third kappa shape index (κ3) is 3.11. The highest BCUT2D eigenvalue weighted by Gasteiger charge is 2.29. The first-order valence-corrected chi connectivity index (χ1v) is 6.97. The molecular formula is C15H23N3O2. The molecule has 0 bridgehead atoms. The summed E-state index contributed by atoms with van der Waals surface area (Å²) in [5.74, 6) is 0.00315. The molecule has 1 aliphatic rings. The third-order valence-electron chi connectivity index (χ3n) is 3.63. The van der Waals surface area contributed by atoms with Gasteiger partial charge in [0.25, 0.3) is 0 Å². The lowest BCUT2D eigenvalue weighted by molar-refractivity contribution is -0.124. The summed E-state index contributed by atoms with van der Waals surface area (Å²) in [4.78, 5) is 14.1. The molecule has 1 aliphatic heterocycles. The predicted octanol–water partition coefficient (Wildman–Crippen LogP) is 0.666. The number of hydrogen-bond donors (Lipinski definition) is 2. The lowest BCUT2D eigenvalue weighted by atomic mass is 10.1. The van der Waals surface area contributed by atoms with Gasteiger partial charge in [-0.25, -0.2) is 0 Å². The van der Waals surface area contributed by atoms with Crippen molar-refractivity contribution < 1.29 is 9.53 Å². The number of amides is 1. The molecule has 1 amide bonds. The lowest BCUT2D eigenvalue weighted by Crippen LogP contribution is -2.53. The molecular weight excluding hydrogens is 254 g/mol. The van der Waals surface area contributed by atoms with E-state index in [0.717, 1.165) is 18.8 Å². The maximum absolute atomic E-state index is 12.0. The molecule has 0 radical (unpaired) electrons. The molecule has 1 atom stereocenters. The number of hydrogen-bond acceptors (Lipinski definition) is 4. The van der Waals surface area contributed by atoms with Crippen LogP contribution in [0.5, 0.6) is 0 Å². The lowest BCUT2D eigenvalue weighted by Gasteiger charge is -2.37. The van der Waals surface area contributed by atoms with Gasteiger partial charge in [-0.1, -0.05) is 12.1 Å². The van der Waals surface area contributed by atoms with Gasteiger partial charge in [-0.2, -0.15) is 0 Å². The van der Waals surface area contributed by atoms with Crippen LogP contribution in [-0.4, -0.2) is 45.8 Å². The molecule has 2 rings (SSSR count). The zero-order valence-corrected chi connectivity index (χ0v) is 12.4. The molecule has 0 saturated carbocycles. The van der Waals surface area contributed by atoms with Gasteiger partial charge in [0, 0.05) is 25.8 Å². The fourth-order valence-electron chi connectivity index (χ4n) is 2.63. The number of anilines is 1. The first-order chi connectivity index (χ1) is 9.67. The summed E-state index contributed by atoms with van der Waals surface area (Å²) in [7, 11) is 3.60. The Bertz CT molecular complexity index is 476. The Balaban J connectivity index is 2.25. The quantitative estimate of drug-likeness (QED) is 0.849. The van der Waals surface area contributed by atoms with E-state index in [9.17, 15) is 4.79 Å². The summed E-state index contributed by atoms with van der Waals surface area (Å²) in [5.41, 5.74) is 3.55. The predicted molar refractivity (Wildman–Crippen MR) is 80.0 cm³/mol. The van der Waals surface area contributed by atoms with Gasteiger partial charge in [0.15, 0.2) is 0 Å². The van der Waals surface area contributed by atoms with Crippen LogP contribution >= 0.6 is 0 Å². The van der Waals surface area contributed by atoms with E-state index >= 15 is 0 Å². The molecule has 1 saturated heterocycles. The van der Waals surface area contributed by atoms with Crippen LogP contribution in [0.25, 0.3) is 0 Å². The summed E-state index contributed by atoms with van der Waals surface area (Å²) in [5, 5.41) is 5.86. The molecule has 2 N–H and O–H groups in total. The first kappa shape index (κ1) is 14.8. The van der Waals surface area contributed by atoms with Crippen LogP contribution < -0.4 is 15.5 Å². The number of likely N-dealkylation sites (N-methyl/N-ethyl adjacent to an activating group) is 1. The third-order valence-corrected chi connectivity index (χ3v) is 3.63. The van der Waals surface area contributed by atoms with Crippen molar-refractivity contribution in [1.29, 1.82) is 0 Å². The van der Waals surface area contributed by atoms with Crippen molar-refractivity contribution >= 4 is 11.6 Å². The summed E-state index contributed by atoms with van der Waals surface area (Å²) >= 11 is 0. The Morgan fingerprint density at radius 2 is 2.25 bits per heavy atom. The van der Waals surface area contributed by atoms with Crippen LogP contribution in [-0.2, 0) is 16.1 Å². The Morgan fingerprint density at radius 3 is 2.90 bits per heavy atom. The number of rotatable bonds is 4. The van der Waals surface area contributed by atoms with Gasteiger partial charge >= 0.3 is 0 Å². The Hall–Kier alpha value is -1.59. The first-order valence-electron chi connectivity index (χ1n) is 6.97. The SMILES string of the molecule is CNCc1ccc(N2CCOCC2C(=O)NC)c(C)c1. The molecule has 1 fully saturated rings. The number of morpholine rings is 1. The second-order valence-electron chi connectivity index (χ2n) is 5.05. The van der Waals surface area contributed by atoms with Gasteiger partial charge in [0.2, 0.25) is 5.91 Å². The number of ether oxygens (including phenoxy) is 1. The Morgan fingerprint density at radius 1 is 1.45 bits per heavy atom. The maximum atomic E-state index is 12.0. The smallest absolute Gasteiger partial charge is 0.244 e. The molecule has 1 aromatic rings. The van der Waals surface area contributed by atoms with Crippen molar-refractivity contribution in [1.82, 2.24) is 10.6 Å². The Labute approximate surface area is 120 Å². The molecule has 110 valence electrons. The molecule has 0 spiro atoms. The van der Waals surface area contributed by atoms with Crippen molar-refractivity contribution in [2.45, 2.75) is 19.5 Å². The van der Waals surface area contributed by atoms with E-state index < -0.39 is 0 Å². The van der Waals surface area contributed by atoms with E-state index in [1.807, 2.05) is 7.05 Å². The van der Waals surface area contributed by atoms with E-state index in [2.05, 4.69) is 40.7 Å². The number of benzene rings is 1. The summed E-state index contributed by atoms with van der Waals surface area (Å²) in [6.07, 6.45) is 0. The monoisotopic (exact) mass is 277 g/mol. The number of nitrogens with zero attached hydrogens (tertiary/aromatic N) is 1. The van der Waals surface area contributed by atoms with Crippen molar-refractivity contribution in [2.24, 2.45) is 0 Å². The Kier molecular flexibility index (Phi) is 4.98. The minimum atomic E-state index is -0.248. The summed E-state index contributed by atoms with van der Waals surface area (Å²) < 4.78 is 5.45. The van der Waals surface area contributed by atoms with Gasteiger partial charge in [-0.3, -0.25) is 4.79 Å². The maximum Gasteiger partial charge on any atom is 0.244 e. The van der Waals surface area contributed by atoms with E-state index in [1.165, 1.54) is 11.1 Å². The molecule has 1 heterocycles. The van der Waals surface area contributed by atoms with Crippen LogP contribution in [0, 0.1) is 6.92 Å². The average molecular weight is 277 g/mol. The number of carbonyl (C=O) groups excluding carboxylic acids is 1. The highest BCUT2D eigenvalue weighted by molar-refractivity contribution is 5.85. The van der Waals surface area contributed by atoms with E-state index in [1.54, 1.807) is 7.05 Å². The highest BCUT2D eigenvalue weighted by Crippen LogP contribution is 2.25. The number of carbonyl (C=O) groups is 1. The second-order valence-corrected chi connectivity index (χ2v) is 5.05.